The zero-order valence-electron chi connectivity index (χ0n) is 10.2. The number of carbonyl (C=O) groups is 1. The fourth-order valence-corrected chi connectivity index (χ4v) is 2.64. The highest BCUT2D eigenvalue weighted by atomic mass is 35.5. The Morgan fingerprint density at radius 3 is 2.67 bits per heavy atom. The Morgan fingerprint density at radius 1 is 1.56 bits per heavy atom. The smallest absolute Gasteiger partial charge is 0.303 e. The lowest BCUT2D eigenvalue weighted by atomic mass is 9.90. The predicted molar refractivity (Wildman–Crippen MR) is 68.7 cm³/mol. The topological polar surface area (TPSA) is 37.3 Å². The van der Waals surface area contributed by atoms with Crippen molar-refractivity contribution in [1.29, 1.82) is 0 Å². The van der Waals surface area contributed by atoms with E-state index in [4.69, 9.17) is 16.7 Å². The number of carboxylic acid groups (broad SMARTS) is 1. The molecule has 1 aliphatic carbocycles. The molecule has 0 spiro atoms. The Kier molecular flexibility index (Phi) is 3.91. The first-order chi connectivity index (χ1) is 8.49. The van der Waals surface area contributed by atoms with Crippen molar-refractivity contribution in [2.75, 3.05) is 0 Å². The molecule has 4 heteroatoms. The van der Waals surface area contributed by atoms with Crippen molar-refractivity contribution >= 4 is 17.6 Å². The highest BCUT2D eigenvalue weighted by Crippen LogP contribution is 2.46. The minimum Gasteiger partial charge on any atom is -0.481 e. The number of hydrogen-bond donors (Lipinski definition) is 1. The van der Waals surface area contributed by atoms with Gasteiger partial charge >= 0.3 is 5.97 Å². The lowest BCUT2D eigenvalue weighted by Gasteiger charge is -2.17. The molecule has 98 valence electrons. The van der Waals surface area contributed by atoms with Crippen molar-refractivity contribution in [3.05, 3.63) is 34.3 Å². The predicted octanol–water partition coefficient (Wildman–Crippen LogP) is 4.34. The van der Waals surface area contributed by atoms with Gasteiger partial charge in [-0.25, -0.2) is 4.39 Å². The average molecular weight is 271 g/mol. The molecule has 1 aliphatic rings. The normalized spacial score (nSPS) is 18.4. The zero-order valence-corrected chi connectivity index (χ0v) is 11.0. The second kappa shape index (κ2) is 5.27. The van der Waals surface area contributed by atoms with Crippen LogP contribution in [0, 0.1) is 5.92 Å². The minimum atomic E-state index is -1.06. The van der Waals surface area contributed by atoms with Crippen molar-refractivity contribution in [3.8, 4) is 0 Å². The molecule has 2 atom stereocenters. The lowest BCUT2D eigenvalue weighted by molar-refractivity contribution is -0.137. The molecule has 0 aliphatic heterocycles. The maximum absolute atomic E-state index is 13.2. The summed E-state index contributed by atoms with van der Waals surface area (Å²) in [6, 6.07) is 5.08. The molecular formula is C14H16ClFO2. The first kappa shape index (κ1) is 13.3. The summed E-state index contributed by atoms with van der Waals surface area (Å²) in [4.78, 5) is 10.9. The van der Waals surface area contributed by atoms with Gasteiger partial charge in [0.2, 0.25) is 0 Å². The molecule has 0 aromatic heterocycles. The first-order valence-corrected chi connectivity index (χ1v) is 6.52. The largest absolute Gasteiger partial charge is 0.481 e. The van der Waals surface area contributed by atoms with E-state index in [-0.39, 0.29) is 12.3 Å². The van der Waals surface area contributed by atoms with E-state index in [0.29, 0.717) is 16.5 Å². The molecule has 2 rings (SSSR count). The Hall–Kier alpha value is -1.09. The molecule has 0 saturated heterocycles. The second-order valence-corrected chi connectivity index (χ2v) is 5.35. The van der Waals surface area contributed by atoms with Gasteiger partial charge in [-0.15, -0.1) is 0 Å². The van der Waals surface area contributed by atoms with Gasteiger partial charge < -0.3 is 5.11 Å². The third-order valence-corrected chi connectivity index (χ3v) is 3.80. The van der Waals surface area contributed by atoms with E-state index >= 15 is 0 Å². The molecule has 1 saturated carbocycles. The van der Waals surface area contributed by atoms with Crippen molar-refractivity contribution in [2.45, 2.75) is 38.3 Å². The maximum atomic E-state index is 13.2. The molecule has 1 aromatic rings. The number of carboxylic acids is 1. The highest BCUT2D eigenvalue weighted by Gasteiger charge is 2.34. The molecule has 0 heterocycles. The standard InChI is InChI=1S/C14H16ClFO2/c1-8(16)10-4-5-11(13(15)6-10)12(7-14(17)18)9-2-3-9/h4-6,8-9,12H,2-3,7H2,1H3,(H,17,18). The van der Waals surface area contributed by atoms with E-state index in [9.17, 15) is 9.18 Å². The van der Waals surface area contributed by atoms with Crippen LogP contribution in [0.1, 0.15) is 49.4 Å². The Labute approximate surface area is 111 Å². The average Bonchev–Trinajstić information content (AvgIpc) is 3.09. The summed E-state index contributed by atoms with van der Waals surface area (Å²) >= 11 is 6.16. The van der Waals surface area contributed by atoms with Gasteiger partial charge in [0.25, 0.3) is 0 Å². The summed E-state index contributed by atoms with van der Waals surface area (Å²) in [5.41, 5.74) is 1.37. The van der Waals surface area contributed by atoms with E-state index < -0.39 is 12.1 Å². The fourth-order valence-electron chi connectivity index (χ4n) is 2.31. The van der Waals surface area contributed by atoms with Crippen LogP contribution in [-0.4, -0.2) is 11.1 Å². The van der Waals surface area contributed by atoms with Crippen molar-refractivity contribution < 1.29 is 14.3 Å². The molecule has 2 nitrogen and oxygen atoms in total. The van der Waals surface area contributed by atoms with Crippen LogP contribution < -0.4 is 0 Å². The summed E-state index contributed by atoms with van der Waals surface area (Å²) in [7, 11) is 0. The van der Waals surface area contributed by atoms with Crippen LogP contribution in [0.5, 0.6) is 0 Å². The summed E-state index contributed by atoms with van der Waals surface area (Å²) in [6.07, 6.45) is 1.13. The van der Waals surface area contributed by atoms with Crippen LogP contribution >= 0.6 is 11.6 Å². The van der Waals surface area contributed by atoms with Crippen LogP contribution in [0.3, 0.4) is 0 Å². The third kappa shape index (κ3) is 3.02. The SMILES string of the molecule is CC(F)c1ccc(C(CC(=O)O)C2CC2)c(Cl)c1. The highest BCUT2D eigenvalue weighted by molar-refractivity contribution is 6.31. The van der Waals surface area contributed by atoms with Gasteiger partial charge in [0.05, 0.1) is 6.42 Å². The molecule has 2 unspecified atom stereocenters. The molecule has 0 bridgehead atoms. The van der Waals surface area contributed by atoms with Crippen LogP contribution in [0.15, 0.2) is 18.2 Å². The monoisotopic (exact) mass is 270 g/mol. The van der Waals surface area contributed by atoms with Gasteiger partial charge in [0.1, 0.15) is 6.17 Å². The van der Waals surface area contributed by atoms with Gasteiger partial charge in [0, 0.05) is 5.02 Å². The number of benzene rings is 1. The van der Waals surface area contributed by atoms with Crippen molar-refractivity contribution in [1.82, 2.24) is 0 Å². The summed E-state index contributed by atoms with van der Waals surface area (Å²) in [5.74, 6) is -0.447. The van der Waals surface area contributed by atoms with E-state index in [2.05, 4.69) is 0 Å². The molecule has 1 fully saturated rings. The number of aliphatic carboxylic acids is 1. The van der Waals surface area contributed by atoms with E-state index in [1.807, 2.05) is 0 Å². The number of halogens is 2. The summed E-state index contributed by atoms with van der Waals surface area (Å²) in [5, 5.41) is 9.43. The fraction of sp³-hybridized carbons (Fsp3) is 0.500. The summed E-state index contributed by atoms with van der Waals surface area (Å²) in [6.45, 7) is 1.46. The van der Waals surface area contributed by atoms with E-state index in [1.54, 1.807) is 18.2 Å². The van der Waals surface area contributed by atoms with Gasteiger partial charge in [-0.3, -0.25) is 4.79 Å². The molecule has 18 heavy (non-hydrogen) atoms. The number of alkyl halides is 1. The Balaban J connectivity index is 2.27. The van der Waals surface area contributed by atoms with Gasteiger partial charge in [0.15, 0.2) is 0 Å². The first-order valence-electron chi connectivity index (χ1n) is 6.14. The van der Waals surface area contributed by atoms with E-state index in [1.165, 1.54) is 6.92 Å². The van der Waals surface area contributed by atoms with Crippen molar-refractivity contribution in [2.24, 2.45) is 5.92 Å². The quantitative estimate of drug-likeness (QED) is 0.864. The molecule has 1 aromatic carbocycles. The Bertz CT molecular complexity index is 455. The van der Waals surface area contributed by atoms with Gasteiger partial charge in [-0.1, -0.05) is 23.7 Å². The molecular weight excluding hydrogens is 255 g/mol. The Morgan fingerprint density at radius 2 is 2.22 bits per heavy atom. The van der Waals surface area contributed by atoms with Crippen LogP contribution in [0.4, 0.5) is 4.39 Å². The number of rotatable bonds is 5. The van der Waals surface area contributed by atoms with Gasteiger partial charge in [-0.05, 0) is 48.8 Å². The van der Waals surface area contributed by atoms with Crippen LogP contribution in [0.25, 0.3) is 0 Å². The van der Waals surface area contributed by atoms with Crippen LogP contribution in [-0.2, 0) is 4.79 Å². The maximum Gasteiger partial charge on any atom is 0.303 e. The number of hydrogen-bond acceptors (Lipinski definition) is 1. The van der Waals surface area contributed by atoms with Crippen LogP contribution in [0.2, 0.25) is 5.02 Å². The van der Waals surface area contributed by atoms with Crippen molar-refractivity contribution in [3.63, 3.8) is 0 Å². The minimum absolute atomic E-state index is 0.0426. The lowest BCUT2D eigenvalue weighted by Crippen LogP contribution is -2.09. The molecule has 0 radical (unpaired) electrons. The molecule has 1 N–H and O–H groups in total. The van der Waals surface area contributed by atoms with Gasteiger partial charge in [-0.2, -0.15) is 0 Å². The third-order valence-electron chi connectivity index (χ3n) is 3.47. The van der Waals surface area contributed by atoms with E-state index in [0.717, 1.165) is 18.4 Å². The zero-order chi connectivity index (χ0) is 13.3. The second-order valence-electron chi connectivity index (χ2n) is 4.94. The summed E-state index contributed by atoms with van der Waals surface area (Å²) < 4.78 is 13.2. The molecule has 0 amide bonds.